The summed E-state index contributed by atoms with van der Waals surface area (Å²) in [5.74, 6) is -0.838. The van der Waals surface area contributed by atoms with Crippen LogP contribution in [-0.2, 0) is 11.8 Å². The van der Waals surface area contributed by atoms with Gasteiger partial charge in [-0.2, -0.15) is 23.3 Å². The Morgan fingerprint density at radius 2 is 1.88 bits per heavy atom. The molecule has 0 N–H and O–H groups in total. The number of allylic oxidation sites excluding steroid dienone is 2. The lowest BCUT2D eigenvalue weighted by Crippen LogP contribution is -2.39. The van der Waals surface area contributed by atoms with E-state index in [1.54, 1.807) is 17.0 Å². The lowest BCUT2D eigenvalue weighted by Gasteiger charge is -2.33. The van der Waals surface area contributed by atoms with Gasteiger partial charge in [0.1, 0.15) is 11.6 Å². The molecule has 2 aliphatic rings. The lowest BCUT2D eigenvalue weighted by molar-refractivity contribution is -0.175. The van der Waals surface area contributed by atoms with Crippen LogP contribution in [0, 0.1) is 19.8 Å². The van der Waals surface area contributed by atoms with Crippen LogP contribution in [0.15, 0.2) is 18.5 Å². The molecule has 2 atom stereocenters. The maximum atomic E-state index is 13.2. The maximum absolute atomic E-state index is 13.2. The molecule has 180 valence electrons. The van der Waals surface area contributed by atoms with Gasteiger partial charge in [0.25, 0.3) is 0 Å². The number of aryl methyl sites for hydroxylation is 3. The van der Waals surface area contributed by atoms with E-state index in [-0.39, 0.29) is 25.4 Å². The van der Waals surface area contributed by atoms with Gasteiger partial charge in [-0.1, -0.05) is 6.08 Å². The van der Waals surface area contributed by atoms with E-state index in [4.69, 9.17) is 14.7 Å². The molecule has 8 nitrogen and oxygen atoms in total. The van der Waals surface area contributed by atoms with Crippen LogP contribution in [0.4, 0.5) is 19.1 Å². The van der Waals surface area contributed by atoms with Gasteiger partial charge >= 0.3 is 6.18 Å². The zero-order valence-corrected chi connectivity index (χ0v) is 19.3. The van der Waals surface area contributed by atoms with Crippen molar-refractivity contribution in [3.05, 3.63) is 41.1 Å². The van der Waals surface area contributed by atoms with Gasteiger partial charge in [-0.05, 0) is 38.7 Å². The standard InChI is InChI=1S/C23H26F3N7O/c1-13-14(2)29-21-20(28-13)19(15-4-6-17(7-5-15)23(24,25)26)30-22(31-21)33-8-9-34-18(12-33)16-10-27-32(3)11-16/h4,10-11,17-18H,5-9,12H2,1-3H3/t17?,18-/m1/s1. The minimum absolute atomic E-state index is 0.0368. The molecule has 1 saturated heterocycles. The van der Waals surface area contributed by atoms with Crippen molar-refractivity contribution < 1.29 is 17.9 Å². The molecule has 0 saturated carbocycles. The number of nitrogens with zero attached hydrogens (tertiary/aromatic N) is 7. The molecule has 34 heavy (non-hydrogen) atoms. The Morgan fingerprint density at radius 3 is 2.56 bits per heavy atom. The van der Waals surface area contributed by atoms with Crippen LogP contribution < -0.4 is 4.90 Å². The molecular formula is C23H26F3N7O. The smallest absolute Gasteiger partial charge is 0.370 e. The summed E-state index contributed by atoms with van der Waals surface area (Å²) in [4.78, 5) is 20.9. The van der Waals surface area contributed by atoms with E-state index in [1.165, 1.54) is 0 Å². The highest BCUT2D eigenvalue weighted by Gasteiger charge is 2.40. The van der Waals surface area contributed by atoms with Crippen LogP contribution >= 0.6 is 0 Å². The Labute approximate surface area is 194 Å². The van der Waals surface area contributed by atoms with Crippen molar-refractivity contribution in [2.45, 2.75) is 45.4 Å². The maximum Gasteiger partial charge on any atom is 0.392 e. The molecule has 0 radical (unpaired) electrons. The molecule has 0 aromatic carbocycles. The topological polar surface area (TPSA) is 81.9 Å². The Balaban J connectivity index is 1.53. The monoisotopic (exact) mass is 473 g/mol. The number of rotatable bonds is 3. The van der Waals surface area contributed by atoms with Gasteiger partial charge in [0.2, 0.25) is 5.95 Å². The highest BCUT2D eigenvalue weighted by atomic mass is 19.4. The third-order valence-corrected chi connectivity index (χ3v) is 6.55. The number of aromatic nitrogens is 6. The molecule has 5 rings (SSSR count). The highest BCUT2D eigenvalue weighted by Crippen LogP contribution is 2.40. The van der Waals surface area contributed by atoms with Gasteiger partial charge in [-0.15, -0.1) is 0 Å². The van der Waals surface area contributed by atoms with Crippen molar-refractivity contribution in [2.75, 3.05) is 24.6 Å². The molecule has 0 bridgehead atoms. The largest absolute Gasteiger partial charge is 0.392 e. The predicted octanol–water partition coefficient (Wildman–Crippen LogP) is 4.09. The number of hydrogen-bond acceptors (Lipinski definition) is 7. The first-order valence-electron chi connectivity index (χ1n) is 11.3. The van der Waals surface area contributed by atoms with E-state index in [1.807, 2.05) is 32.0 Å². The quantitative estimate of drug-likeness (QED) is 0.567. The van der Waals surface area contributed by atoms with Crippen molar-refractivity contribution in [3.63, 3.8) is 0 Å². The van der Waals surface area contributed by atoms with Crippen molar-refractivity contribution in [3.8, 4) is 0 Å². The summed E-state index contributed by atoms with van der Waals surface area (Å²) in [6.45, 7) is 5.34. The van der Waals surface area contributed by atoms with E-state index in [9.17, 15) is 13.2 Å². The molecule has 4 heterocycles. The van der Waals surface area contributed by atoms with Crippen LogP contribution in [0.2, 0.25) is 0 Å². The molecule has 1 aliphatic carbocycles. The van der Waals surface area contributed by atoms with E-state index in [0.29, 0.717) is 42.5 Å². The Hall–Kier alpha value is -3.08. The first-order valence-corrected chi connectivity index (χ1v) is 11.3. The summed E-state index contributed by atoms with van der Waals surface area (Å²) in [5.41, 5.74) is 4.79. The Morgan fingerprint density at radius 1 is 1.09 bits per heavy atom. The molecule has 3 aromatic heterocycles. The fourth-order valence-electron chi connectivity index (χ4n) is 4.45. The number of halogens is 3. The zero-order valence-electron chi connectivity index (χ0n) is 19.3. The van der Waals surface area contributed by atoms with Gasteiger partial charge < -0.3 is 9.64 Å². The number of morpholine rings is 1. The second kappa shape index (κ2) is 8.61. The minimum atomic E-state index is -4.19. The van der Waals surface area contributed by atoms with Crippen LogP contribution in [0.5, 0.6) is 0 Å². The molecule has 0 spiro atoms. The van der Waals surface area contributed by atoms with Crippen molar-refractivity contribution in [1.29, 1.82) is 0 Å². The summed E-state index contributed by atoms with van der Waals surface area (Å²) >= 11 is 0. The first-order chi connectivity index (χ1) is 16.2. The van der Waals surface area contributed by atoms with Crippen LogP contribution in [-0.4, -0.2) is 55.6 Å². The third kappa shape index (κ3) is 4.36. The van der Waals surface area contributed by atoms with E-state index in [2.05, 4.69) is 15.1 Å². The molecule has 1 fully saturated rings. The molecule has 3 aromatic rings. The number of ether oxygens (including phenoxy) is 1. The number of anilines is 1. The summed E-state index contributed by atoms with van der Waals surface area (Å²) < 4.78 is 47.3. The van der Waals surface area contributed by atoms with Gasteiger partial charge in [-0.25, -0.2) is 15.0 Å². The average Bonchev–Trinajstić information content (AvgIpc) is 3.25. The van der Waals surface area contributed by atoms with E-state index >= 15 is 0 Å². The Bertz CT molecular complexity index is 1250. The van der Waals surface area contributed by atoms with E-state index in [0.717, 1.165) is 22.5 Å². The fraction of sp³-hybridized carbons (Fsp3) is 0.522. The van der Waals surface area contributed by atoms with Crippen molar-refractivity contribution in [1.82, 2.24) is 29.7 Å². The zero-order chi connectivity index (χ0) is 24.0. The van der Waals surface area contributed by atoms with Gasteiger partial charge in [0, 0.05) is 25.4 Å². The fourth-order valence-corrected chi connectivity index (χ4v) is 4.45. The second-order valence-corrected chi connectivity index (χ2v) is 8.93. The summed E-state index contributed by atoms with van der Waals surface area (Å²) in [6.07, 6.45) is 1.24. The molecule has 1 aliphatic heterocycles. The third-order valence-electron chi connectivity index (χ3n) is 6.55. The summed E-state index contributed by atoms with van der Waals surface area (Å²) in [7, 11) is 1.85. The second-order valence-electron chi connectivity index (χ2n) is 8.93. The van der Waals surface area contributed by atoms with Gasteiger partial charge in [0.15, 0.2) is 5.65 Å². The first kappa shape index (κ1) is 22.7. The van der Waals surface area contributed by atoms with Crippen LogP contribution in [0.3, 0.4) is 0 Å². The van der Waals surface area contributed by atoms with E-state index < -0.39 is 12.1 Å². The normalized spacial score (nSPS) is 21.7. The summed E-state index contributed by atoms with van der Waals surface area (Å²) in [5, 5.41) is 4.23. The van der Waals surface area contributed by atoms with Crippen LogP contribution in [0.25, 0.3) is 16.7 Å². The van der Waals surface area contributed by atoms with Crippen molar-refractivity contribution >= 4 is 22.7 Å². The van der Waals surface area contributed by atoms with Gasteiger partial charge in [0.05, 0.1) is 42.3 Å². The predicted molar refractivity (Wildman–Crippen MR) is 120 cm³/mol. The molecular weight excluding hydrogens is 447 g/mol. The van der Waals surface area contributed by atoms with Crippen LogP contribution in [0.1, 0.15) is 48.0 Å². The number of hydrogen-bond donors (Lipinski definition) is 0. The molecule has 11 heteroatoms. The number of fused-ring (bicyclic) bond motifs is 1. The Kier molecular flexibility index (Phi) is 5.75. The average molecular weight is 474 g/mol. The van der Waals surface area contributed by atoms with Gasteiger partial charge in [-0.3, -0.25) is 4.68 Å². The molecule has 1 unspecified atom stereocenters. The lowest BCUT2D eigenvalue weighted by atomic mass is 9.87. The minimum Gasteiger partial charge on any atom is -0.370 e. The highest BCUT2D eigenvalue weighted by molar-refractivity contribution is 5.86. The number of alkyl halides is 3. The summed E-state index contributed by atoms with van der Waals surface area (Å²) in [6, 6.07) is 0. The molecule has 0 amide bonds. The van der Waals surface area contributed by atoms with Crippen molar-refractivity contribution in [2.24, 2.45) is 13.0 Å². The SMILES string of the molecule is Cc1nc2nc(N3CCO[C@@H](c4cnn(C)c4)C3)nc(C3=CCC(C(F)(F)F)CC3)c2nc1C.